The fourth-order valence-corrected chi connectivity index (χ4v) is 5.54. The molecule has 0 unspecified atom stereocenters. The number of rotatable bonds is 4. The summed E-state index contributed by atoms with van der Waals surface area (Å²) >= 11 is 1.76. The van der Waals surface area contributed by atoms with E-state index in [9.17, 15) is 4.79 Å². The quantitative estimate of drug-likeness (QED) is 0.896. The molecule has 2 aromatic heterocycles. The summed E-state index contributed by atoms with van der Waals surface area (Å²) in [5, 5.41) is 16.1. The first-order valence-corrected chi connectivity index (χ1v) is 10.7. The van der Waals surface area contributed by atoms with Crippen molar-refractivity contribution in [2.45, 2.75) is 51.2 Å². The second kappa shape index (κ2) is 6.78. The Hall–Kier alpha value is -1.73. The number of nitrogens with one attached hydrogen (secondary N) is 1. The number of thiophene rings is 1. The molecule has 2 aromatic rings. The molecule has 26 heavy (non-hydrogen) atoms. The summed E-state index contributed by atoms with van der Waals surface area (Å²) in [6.07, 6.45) is 5.55. The fraction of sp³-hybridized carbons (Fsp3) is 0.632. The van der Waals surface area contributed by atoms with Crippen LogP contribution >= 0.6 is 11.3 Å². The molecule has 0 bridgehead atoms. The Balaban J connectivity index is 1.27. The van der Waals surface area contributed by atoms with Crippen molar-refractivity contribution in [1.82, 2.24) is 25.0 Å². The normalized spacial score (nSPS) is 26.0. The van der Waals surface area contributed by atoms with Crippen LogP contribution < -0.4 is 5.32 Å². The zero-order valence-electron chi connectivity index (χ0n) is 14.9. The van der Waals surface area contributed by atoms with Gasteiger partial charge in [0.15, 0.2) is 0 Å². The Morgan fingerprint density at radius 2 is 2.04 bits per heavy atom. The third-order valence-corrected chi connectivity index (χ3v) is 6.95. The third kappa shape index (κ3) is 3.07. The van der Waals surface area contributed by atoms with Crippen molar-refractivity contribution in [3.05, 3.63) is 34.0 Å². The minimum Gasteiger partial charge on any atom is -0.347 e. The van der Waals surface area contributed by atoms with E-state index in [-0.39, 0.29) is 5.91 Å². The predicted octanol–water partition coefficient (Wildman–Crippen LogP) is 2.32. The van der Waals surface area contributed by atoms with E-state index in [1.54, 1.807) is 11.3 Å². The lowest BCUT2D eigenvalue weighted by molar-refractivity contribution is 0.0919. The first kappa shape index (κ1) is 16.4. The number of hydrogen-bond donors (Lipinski definition) is 1. The average Bonchev–Trinajstić information content (AvgIpc) is 3.40. The standard InChI is InChI=1S/C19H25N5OS/c25-19(20-16-3-1-2-4-16)18-22-21-17-7-14-9-23(8-13-5-6-26-12-13)10-15(14)11-24(17)18/h5-6,12,14-16H,1-4,7-11H2,(H,20,25)/t14-,15-/m0/s1. The van der Waals surface area contributed by atoms with Gasteiger partial charge in [-0.2, -0.15) is 11.3 Å². The minimum atomic E-state index is -0.0396. The van der Waals surface area contributed by atoms with E-state index in [0.29, 0.717) is 23.7 Å². The molecule has 1 saturated carbocycles. The van der Waals surface area contributed by atoms with Crippen molar-refractivity contribution in [3.63, 3.8) is 0 Å². The highest BCUT2D eigenvalue weighted by molar-refractivity contribution is 7.07. The van der Waals surface area contributed by atoms with Gasteiger partial charge in [-0.1, -0.05) is 12.8 Å². The zero-order chi connectivity index (χ0) is 17.5. The van der Waals surface area contributed by atoms with Gasteiger partial charge in [-0.25, -0.2) is 0 Å². The fourth-order valence-electron chi connectivity index (χ4n) is 4.88. The zero-order valence-corrected chi connectivity index (χ0v) is 15.7. The van der Waals surface area contributed by atoms with Gasteiger partial charge in [0.2, 0.25) is 5.82 Å². The maximum atomic E-state index is 12.7. The van der Waals surface area contributed by atoms with Crippen LogP contribution in [0.4, 0.5) is 0 Å². The van der Waals surface area contributed by atoms with Crippen molar-refractivity contribution in [1.29, 1.82) is 0 Å². The Morgan fingerprint density at radius 1 is 1.19 bits per heavy atom. The monoisotopic (exact) mass is 371 g/mol. The smallest absolute Gasteiger partial charge is 0.289 e. The first-order valence-electron chi connectivity index (χ1n) is 9.72. The van der Waals surface area contributed by atoms with Gasteiger partial charge in [0, 0.05) is 38.6 Å². The molecule has 1 amide bonds. The van der Waals surface area contributed by atoms with E-state index in [4.69, 9.17) is 0 Å². The number of carbonyl (C=O) groups excluding carboxylic acids is 1. The van der Waals surface area contributed by atoms with E-state index in [0.717, 1.165) is 51.3 Å². The van der Waals surface area contributed by atoms with Gasteiger partial charge >= 0.3 is 0 Å². The summed E-state index contributed by atoms with van der Waals surface area (Å²) in [6, 6.07) is 2.53. The number of hydrogen-bond acceptors (Lipinski definition) is 5. The van der Waals surface area contributed by atoms with Gasteiger partial charge in [-0.05, 0) is 47.1 Å². The summed E-state index contributed by atoms with van der Waals surface area (Å²) in [5.74, 6) is 2.69. The topological polar surface area (TPSA) is 63.1 Å². The van der Waals surface area contributed by atoms with Crippen LogP contribution in [0.5, 0.6) is 0 Å². The van der Waals surface area contributed by atoms with Crippen molar-refractivity contribution in [2.75, 3.05) is 13.1 Å². The van der Waals surface area contributed by atoms with Crippen LogP contribution in [0, 0.1) is 11.8 Å². The molecule has 0 aromatic carbocycles. The molecule has 7 heteroatoms. The van der Waals surface area contributed by atoms with Crippen LogP contribution in [0.25, 0.3) is 0 Å². The highest BCUT2D eigenvalue weighted by atomic mass is 32.1. The number of amides is 1. The Morgan fingerprint density at radius 3 is 2.85 bits per heavy atom. The van der Waals surface area contributed by atoms with Crippen LogP contribution in [-0.4, -0.2) is 44.7 Å². The van der Waals surface area contributed by atoms with Crippen LogP contribution in [0.15, 0.2) is 16.8 Å². The second-order valence-corrected chi connectivity index (χ2v) is 8.84. The molecule has 4 heterocycles. The summed E-state index contributed by atoms with van der Waals surface area (Å²) in [4.78, 5) is 15.2. The van der Waals surface area contributed by atoms with Gasteiger partial charge < -0.3 is 9.88 Å². The SMILES string of the molecule is O=C(NC1CCCC1)c1nnc2n1C[C@@H]1CN(Cc3ccsc3)C[C@@H]1C2. The predicted molar refractivity (Wildman–Crippen MR) is 100 cm³/mol. The molecule has 5 rings (SSSR count). The molecular formula is C19H25N5OS. The molecule has 1 saturated heterocycles. The molecule has 2 aliphatic heterocycles. The van der Waals surface area contributed by atoms with E-state index < -0.39 is 0 Å². The average molecular weight is 372 g/mol. The van der Waals surface area contributed by atoms with Gasteiger partial charge in [0.05, 0.1) is 0 Å². The molecule has 6 nitrogen and oxygen atoms in total. The second-order valence-electron chi connectivity index (χ2n) is 8.06. The highest BCUT2D eigenvalue weighted by Gasteiger charge is 2.39. The minimum absolute atomic E-state index is 0.0396. The number of fused-ring (bicyclic) bond motifs is 2. The molecule has 1 aliphatic carbocycles. The first-order chi connectivity index (χ1) is 12.8. The molecule has 3 aliphatic rings. The van der Waals surface area contributed by atoms with Crippen LogP contribution in [0.1, 0.15) is 47.7 Å². The molecule has 2 atom stereocenters. The van der Waals surface area contributed by atoms with Crippen molar-refractivity contribution in [2.24, 2.45) is 11.8 Å². The molecule has 0 spiro atoms. The lowest BCUT2D eigenvalue weighted by atomic mass is 9.89. The van der Waals surface area contributed by atoms with Crippen LogP contribution in [-0.2, 0) is 19.5 Å². The van der Waals surface area contributed by atoms with E-state index in [1.807, 2.05) is 0 Å². The van der Waals surface area contributed by atoms with E-state index in [1.165, 1.54) is 18.4 Å². The van der Waals surface area contributed by atoms with Crippen molar-refractivity contribution >= 4 is 17.2 Å². The van der Waals surface area contributed by atoms with E-state index in [2.05, 4.69) is 41.8 Å². The number of aromatic nitrogens is 3. The Kier molecular flexibility index (Phi) is 4.29. The molecule has 1 N–H and O–H groups in total. The molecular weight excluding hydrogens is 346 g/mol. The lowest BCUT2D eigenvalue weighted by Crippen LogP contribution is -2.36. The largest absolute Gasteiger partial charge is 0.347 e. The summed E-state index contributed by atoms with van der Waals surface area (Å²) < 4.78 is 2.08. The molecule has 0 radical (unpaired) electrons. The maximum Gasteiger partial charge on any atom is 0.289 e. The van der Waals surface area contributed by atoms with Crippen molar-refractivity contribution in [3.8, 4) is 0 Å². The summed E-state index contributed by atoms with van der Waals surface area (Å²) in [5.41, 5.74) is 1.41. The van der Waals surface area contributed by atoms with Crippen molar-refractivity contribution < 1.29 is 4.79 Å². The van der Waals surface area contributed by atoms with E-state index >= 15 is 0 Å². The number of carbonyl (C=O) groups is 1. The molecule has 2 fully saturated rings. The van der Waals surface area contributed by atoms with Gasteiger partial charge in [-0.15, -0.1) is 10.2 Å². The Bertz CT molecular complexity index is 780. The van der Waals surface area contributed by atoms with Crippen LogP contribution in [0.2, 0.25) is 0 Å². The summed E-state index contributed by atoms with van der Waals surface area (Å²) in [7, 11) is 0. The maximum absolute atomic E-state index is 12.7. The third-order valence-electron chi connectivity index (χ3n) is 6.22. The molecule has 138 valence electrons. The Labute approximate surface area is 157 Å². The van der Waals surface area contributed by atoms with Gasteiger partial charge in [-0.3, -0.25) is 9.69 Å². The lowest BCUT2D eigenvalue weighted by Gasteiger charge is -2.26. The number of likely N-dealkylation sites (tertiary alicyclic amines) is 1. The van der Waals surface area contributed by atoms with Gasteiger partial charge in [0.25, 0.3) is 5.91 Å². The van der Waals surface area contributed by atoms with Gasteiger partial charge in [0.1, 0.15) is 5.82 Å². The highest BCUT2D eigenvalue weighted by Crippen LogP contribution is 2.33. The van der Waals surface area contributed by atoms with Crippen LogP contribution in [0.3, 0.4) is 0 Å². The number of nitrogens with zero attached hydrogens (tertiary/aromatic N) is 4. The summed E-state index contributed by atoms with van der Waals surface area (Å²) in [6.45, 7) is 4.13.